The summed E-state index contributed by atoms with van der Waals surface area (Å²) in [5.74, 6) is 1.07. The van der Waals surface area contributed by atoms with Crippen LogP contribution in [-0.4, -0.2) is 52.7 Å². The molecule has 7 nitrogen and oxygen atoms in total. The summed E-state index contributed by atoms with van der Waals surface area (Å²) in [6, 6.07) is -0.324. The van der Waals surface area contributed by atoms with Gasteiger partial charge in [0.05, 0.1) is 6.54 Å². The second-order valence-corrected chi connectivity index (χ2v) is 5.42. The number of nitrogens with zero attached hydrogens (tertiary/aromatic N) is 3. The maximum absolute atomic E-state index is 12.2. The lowest BCUT2D eigenvalue weighted by molar-refractivity contribution is -0.123. The van der Waals surface area contributed by atoms with Crippen LogP contribution in [0.25, 0.3) is 0 Å². The highest BCUT2D eigenvalue weighted by molar-refractivity contribution is 5.80. The lowest BCUT2D eigenvalue weighted by Gasteiger charge is -2.19. The van der Waals surface area contributed by atoms with Gasteiger partial charge in [-0.25, -0.2) is 9.78 Å². The molecule has 1 saturated heterocycles. The van der Waals surface area contributed by atoms with Crippen LogP contribution in [0.3, 0.4) is 0 Å². The summed E-state index contributed by atoms with van der Waals surface area (Å²) in [7, 11) is 0. The standard InChI is InChI=1S/C14H22N4O3/c1-10(2)12-15-5-7-18(12)11(3)13(19)16-4-6-17-8-9-21-14(17)20/h5,7,10-11H,4,6,8-9H2,1-3H3,(H,16,19). The molecule has 0 spiro atoms. The summed E-state index contributed by atoms with van der Waals surface area (Å²) < 4.78 is 6.71. The number of rotatable bonds is 6. The molecule has 2 amide bonds. The molecule has 2 rings (SSSR count). The summed E-state index contributed by atoms with van der Waals surface area (Å²) in [5, 5.41) is 2.85. The van der Waals surface area contributed by atoms with E-state index in [1.54, 1.807) is 11.1 Å². The molecule has 0 saturated carbocycles. The van der Waals surface area contributed by atoms with Crippen molar-refractivity contribution in [3.63, 3.8) is 0 Å². The van der Waals surface area contributed by atoms with Crippen molar-refractivity contribution in [3.05, 3.63) is 18.2 Å². The number of hydrogen-bond donors (Lipinski definition) is 1. The van der Waals surface area contributed by atoms with Crippen molar-refractivity contribution < 1.29 is 14.3 Å². The van der Waals surface area contributed by atoms with Crippen LogP contribution in [0.5, 0.6) is 0 Å². The molecular formula is C14H22N4O3. The van der Waals surface area contributed by atoms with Gasteiger partial charge in [0.1, 0.15) is 18.5 Å². The number of hydrogen-bond acceptors (Lipinski definition) is 4. The minimum atomic E-state index is -0.324. The number of amides is 2. The van der Waals surface area contributed by atoms with Crippen molar-refractivity contribution in [1.82, 2.24) is 19.8 Å². The average molecular weight is 294 g/mol. The summed E-state index contributed by atoms with van der Waals surface area (Å²) in [6.07, 6.45) is 3.21. The van der Waals surface area contributed by atoms with Gasteiger partial charge in [-0.1, -0.05) is 13.8 Å². The van der Waals surface area contributed by atoms with Crippen LogP contribution >= 0.6 is 0 Å². The van der Waals surface area contributed by atoms with E-state index in [9.17, 15) is 9.59 Å². The Morgan fingerprint density at radius 2 is 2.24 bits per heavy atom. The van der Waals surface area contributed by atoms with Crippen LogP contribution in [0, 0.1) is 0 Å². The van der Waals surface area contributed by atoms with Crippen LogP contribution in [0.4, 0.5) is 4.79 Å². The zero-order chi connectivity index (χ0) is 15.4. The predicted octanol–water partition coefficient (Wildman–Crippen LogP) is 1.14. The Morgan fingerprint density at radius 3 is 2.86 bits per heavy atom. The Labute approximate surface area is 124 Å². The van der Waals surface area contributed by atoms with Gasteiger partial charge in [-0.2, -0.15) is 0 Å². The summed E-state index contributed by atoms with van der Waals surface area (Å²) >= 11 is 0. The molecule has 1 aliphatic heterocycles. The Morgan fingerprint density at radius 1 is 1.48 bits per heavy atom. The summed E-state index contributed by atoms with van der Waals surface area (Å²) in [6.45, 7) is 7.83. The minimum absolute atomic E-state index is 0.0811. The van der Waals surface area contributed by atoms with E-state index in [-0.39, 0.29) is 24.0 Å². The molecule has 1 N–H and O–H groups in total. The molecule has 1 unspecified atom stereocenters. The number of carbonyl (C=O) groups is 2. The number of aromatic nitrogens is 2. The zero-order valence-corrected chi connectivity index (χ0v) is 12.7. The maximum Gasteiger partial charge on any atom is 0.409 e. The van der Waals surface area contributed by atoms with Crippen LogP contribution in [0.1, 0.15) is 38.6 Å². The minimum Gasteiger partial charge on any atom is -0.448 e. The number of imidazole rings is 1. The second kappa shape index (κ2) is 6.60. The molecule has 2 heterocycles. The van der Waals surface area contributed by atoms with Crippen LogP contribution < -0.4 is 5.32 Å². The van der Waals surface area contributed by atoms with E-state index in [1.807, 2.05) is 31.5 Å². The molecule has 1 aromatic rings. The monoisotopic (exact) mass is 294 g/mol. The first-order valence-corrected chi connectivity index (χ1v) is 7.23. The molecule has 0 bridgehead atoms. The van der Waals surface area contributed by atoms with Gasteiger partial charge in [0.2, 0.25) is 5.91 Å². The van der Waals surface area contributed by atoms with Gasteiger partial charge in [0.15, 0.2) is 0 Å². The van der Waals surface area contributed by atoms with E-state index in [0.29, 0.717) is 26.2 Å². The van der Waals surface area contributed by atoms with Gasteiger partial charge in [0, 0.05) is 31.4 Å². The third kappa shape index (κ3) is 3.53. The van der Waals surface area contributed by atoms with Gasteiger partial charge >= 0.3 is 6.09 Å². The molecule has 1 aliphatic rings. The van der Waals surface area contributed by atoms with E-state index < -0.39 is 0 Å². The lowest BCUT2D eigenvalue weighted by Crippen LogP contribution is -2.38. The number of nitrogens with one attached hydrogen (secondary N) is 1. The highest BCUT2D eigenvalue weighted by atomic mass is 16.6. The summed E-state index contributed by atoms with van der Waals surface area (Å²) in [5.41, 5.74) is 0. The van der Waals surface area contributed by atoms with E-state index in [0.717, 1.165) is 5.82 Å². The highest BCUT2D eigenvalue weighted by Crippen LogP contribution is 2.17. The van der Waals surface area contributed by atoms with Crippen molar-refractivity contribution >= 4 is 12.0 Å². The highest BCUT2D eigenvalue weighted by Gasteiger charge is 2.22. The van der Waals surface area contributed by atoms with Crippen molar-refractivity contribution in [1.29, 1.82) is 0 Å². The molecule has 21 heavy (non-hydrogen) atoms. The molecular weight excluding hydrogens is 272 g/mol. The average Bonchev–Trinajstić information content (AvgIpc) is 3.07. The Kier molecular flexibility index (Phi) is 4.82. The number of cyclic esters (lactones) is 1. The van der Waals surface area contributed by atoms with Crippen LogP contribution in [0.2, 0.25) is 0 Å². The van der Waals surface area contributed by atoms with E-state index in [4.69, 9.17) is 4.74 Å². The van der Waals surface area contributed by atoms with E-state index >= 15 is 0 Å². The summed E-state index contributed by atoms with van der Waals surface area (Å²) in [4.78, 5) is 29.3. The predicted molar refractivity (Wildman–Crippen MR) is 77.0 cm³/mol. The van der Waals surface area contributed by atoms with Gasteiger partial charge < -0.3 is 19.5 Å². The van der Waals surface area contributed by atoms with Crippen molar-refractivity contribution in [2.75, 3.05) is 26.2 Å². The molecule has 0 radical (unpaired) electrons. The van der Waals surface area contributed by atoms with Crippen LogP contribution in [0.15, 0.2) is 12.4 Å². The smallest absolute Gasteiger partial charge is 0.409 e. The van der Waals surface area contributed by atoms with Crippen molar-refractivity contribution in [3.8, 4) is 0 Å². The SMILES string of the molecule is CC(C)c1nccn1C(C)C(=O)NCCN1CCOC1=O. The topological polar surface area (TPSA) is 76.5 Å². The molecule has 1 aromatic heterocycles. The van der Waals surface area contributed by atoms with Crippen molar-refractivity contribution in [2.24, 2.45) is 0 Å². The fourth-order valence-corrected chi connectivity index (χ4v) is 2.32. The van der Waals surface area contributed by atoms with Gasteiger partial charge in [-0.3, -0.25) is 4.79 Å². The first kappa shape index (κ1) is 15.3. The second-order valence-electron chi connectivity index (χ2n) is 5.42. The molecule has 116 valence electrons. The third-order valence-electron chi connectivity index (χ3n) is 3.54. The van der Waals surface area contributed by atoms with E-state index in [1.165, 1.54) is 0 Å². The largest absolute Gasteiger partial charge is 0.448 e. The van der Waals surface area contributed by atoms with Crippen LogP contribution in [-0.2, 0) is 9.53 Å². The third-order valence-corrected chi connectivity index (χ3v) is 3.54. The Balaban J connectivity index is 1.85. The normalized spacial score (nSPS) is 16.2. The first-order valence-electron chi connectivity index (χ1n) is 7.23. The number of carbonyl (C=O) groups excluding carboxylic acids is 2. The lowest BCUT2D eigenvalue weighted by atomic mass is 10.2. The maximum atomic E-state index is 12.2. The Bertz CT molecular complexity index is 512. The fraction of sp³-hybridized carbons (Fsp3) is 0.643. The van der Waals surface area contributed by atoms with Gasteiger partial charge in [0.25, 0.3) is 0 Å². The fourth-order valence-electron chi connectivity index (χ4n) is 2.32. The Hall–Kier alpha value is -2.05. The van der Waals surface area contributed by atoms with Gasteiger partial charge in [-0.05, 0) is 6.92 Å². The zero-order valence-electron chi connectivity index (χ0n) is 12.7. The molecule has 0 aromatic carbocycles. The van der Waals surface area contributed by atoms with E-state index in [2.05, 4.69) is 10.3 Å². The molecule has 1 atom stereocenters. The number of ether oxygens (including phenoxy) is 1. The van der Waals surface area contributed by atoms with Gasteiger partial charge in [-0.15, -0.1) is 0 Å². The molecule has 7 heteroatoms. The molecule has 1 fully saturated rings. The quantitative estimate of drug-likeness (QED) is 0.853. The van der Waals surface area contributed by atoms with Crippen molar-refractivity contribution in [2.45, 2.75) is 32.7 Å². The molecule has 0 aliphatic carbocycles. The first-order chi connectivity index (χ1) is 10.0.